The highest BCUT2D eigenvalue weighted by atomic mass is 16.5. The summed E-state index contributed by atoms with van der Waals surface area (Å²) in [5, 5.41) is 0. The van der Waals surface area contributed by atoms with Gasteiger partial charge in [0.2, 0.25) is 0 Å². The molecule has 6 nitrogen and oxygen atoms in total. The molecule has 0 spiro atoms. The van der Waals surface area contributed by atoms with Gasteiger partial charge in [-0.05, 0) is 24.3 Å². The highest BCUT2D eigenvalue weighted by Crippen LogP contribution is 2.23. The average molecular weight is 362 g/mol. The number of hydrogen-bond acceptors (Lipinski definition) is 5. The van der Waals surface area contributed by atoms with Crippen LogP contribution in [-0.2, 0) is 11.3 Å². The van der Waals surface area contributed by atoms with Crippen molar-refractivity contribution in [3.63, 3.8) is 0 Å². The molecular formula is C21H22N4O2. The van der Waals surface area contributed by atoms with E-state index in [9.17, 15) is 4.79 Å². The molecule has 6 heteroatoms. The van der Waals surface area contributed by atoms with Crippen LogP contribution in [0.4, 0.5) is 5.69 Å². The molecule has 0 aliphatic carbocycles. The van der Waals surface area contributed by atoms with Crippen LogP contribution >= 0.6 is 0 Å². The molecule has 1 aliphatic heterocycles. The number of nitrogens with zero attached hydrogens (tertiary/aromatic N) is 4. The van der Waals surface area contributed by atoms with E-state index in [1.165, 1.54) is 0 Å². The van der Waals surface area contributed by atoms with Gasteiger partial charge in [-0.25, -0.2) is 4.98 Å². The lowest BCUT2D eigenvalue weighted by molar-refractivity contribution is 0.0782. The predicted molar refractivity (Wildman–Crippen MR) is 105 cm³/mol. The van der Waals surface area contributed by atoms with E-state index in [2.05, 4.69) is 14.9 Å². The van der Waals surface area contributed by atoms with Gasteiger partial charge in [-0.3, -0.25) is 9.78 Å². The van der Waals surface area contributed by atoms with Crippen molar-refractivity contribution in [2.75, 3.05) is 38.3 Å². The number of carbonyl (C=O) groups is 1. The van der Waals surface area contributed by atoms with Gasteiger partial charge in [-0.1, -0.05) is 24.3 Å². The van der Waals surface area contributed by atoms with E-state index in [0.29, 0.717) is 25.3 Å². The molecule has 0 atom stereocenters. The number of ether oxygens (including phenoxy) is 1. The van der Waals surface area contributed by atoms with E-state index in [0.717, 1.165) is 35.5 Å². The number of benzene rings is 2. The van der Waals surface area contributed by atoms with Crippen molar-refractivity contribution in [1.29, 1.82) is 0 Å². The quantitative estimate of drug-likeness (QED) is 0.714. The summed E-state index contributed by atoms with van der Waals surface area (Å²) >= 11 is 0. The first-order chi connectivity index (χ1) is 13.2. The summed E-state index contributed by atoms with van der Waals surface area (Å²) in [6.45, 7) is 3.37. The van der Waals surface area contributed by atoms with Crippen LogP contribution in [0.15, 0.2) is 54.7 Å². The maximum Gasteiger partial charge on any atom is 0.256 e. The SMILES string of the molecule is CN(Cc1cnc2ccccc2n1)C(=O)c1ccccc1N1CCOCC1. The molecule has 4 rings (SSSR count). The van der Waals surface area contributed by atoms with Gasteiger partial charge in [-0.15, -0.1) is 0 Å². The topological polar surface area (TPSA) is 58.6 Å². The van der Waals surface area contributed by atoms with E-state index in [1.807, 2.05) is 48.5 Å². The largest absolute Gasteiger partial charge is 0.378 e. The van der Waals surface area contributed by atoms with E-state index in [1.54, 1.807) is 18.1 Å². The van der Waals surface area contributed by atoms with E-state index in [-0.39, 0.29) is 5.91 Å². The van der Waals surface area contributed by atoms with Crippen LogP contribution in [0.1, 0.15) is 16.1 Å². The maximum absolute atomic E-state index is 13.1. The molecule has 1 aliphatic rings. The van der Waals surface area contributed by atoms with Crippen LogP contribution in [0.5, 0.6) is 0 Å². The summed E-state index contributed by atoms with van der Waals surface area (Å²) in [6, 6.07) is 15.5. The molecule has 3 aromatic rings. The summed E-state index contributed by atoms with van der Waals surface area (Å²) in [7, 11) is 1.80. The third-order valence-electron chi connectivity index (χ3n) is 4.73. The molecule has 0 radical (unpaired) electrons. The van der Waals surface area contributed by atoms with Gasteiger partial charge in [-0.2, -0.15) is 0 Å². The van der Waals surface area contributed by atoms with Gasteiger partial charge >= 0.3 is 0 Å². The van der Waals surface area contributed by atoms with E-state index in [4.69, 9.17) is 4.74 Å². The van der Waals surface area contributed by atoms with E-state index >= 15 is 0 Å². The Morgan fingerprint density at radius 2 is 1.78 bits per heavy atom. The Kier molecular flexibility index (Phi) is 4.98. The smallest absolute Gasteiger partial charge is 0.256 e. The van der Waals surface area contributed by atoms with Crippen molar-refractivity contribution in [2.24, 2.45) is 0 Å². The minimum absolute atomic E-state index is 0.0212. The van der Waals surface area contributed by atoms with Crippen molar-refractivity contribution in [1.82, 2.24) is 14.9 Å². The lowest BCUT2D eigenvalue weighted by atomic mass is 10.1. The fourth-order valence-corrected chi connectivity index (χ4v) is 3.33. The Hall–Kier alpha value is -2.99. The fraction of sp³-hybridized carbons (Fsp3) is 0.286. The molecule has 138 valence electrons. The molecule has 0 saturated carbocycles. The van der Waals surface area contributed by atoms with Crippen molar-refractivity contribution in [3.05, 3.63) is 66.0 Å². The van der Waals surface area contributed by atoms with Crippen LogP contribution in [0.2, 0.25) is 0 Å². The summed E-state index contributed by atoms with van der Waals surface area (Å²) in [6.07, 6.45) is 1.74. The second-order valence-electron chi connectivity index (χ2n) is 6.63. The van der Waals surface area contributed by atoms with Crippen LogP contribution in [0, 0.1) is 0 Å². The monoisotopic (exact) mass is 362 g/mol. The zero-order valence-electron chi connectivity index (χ0n) is 15.3. The molecular weight excluding hydrogens is 340 g/mol. The normalized spacial score (nSPS) is 14.3. The molecule has 27 heavy (non-hydrogen) atoms. The number of amides is 1. The van der Waals surface area contributed by atoms with Crippen molar-refractivity contribution in [3.8, 4) is 0 Å². The summed E-state index contributed by atoms with van der Waals surface area (Å²) in [5.74, 6) is -0.0212. The zero-order chi connectivity index (χ0) is 18.6. The number of carbonyl (C=O) groups excluding carboxylic acids is 1. The standard InChI is InChI=1S/C21H22N4O2/c1-24(15-16-14-22-18-7-3-4-8-19(18)23-16)21(26)17-6-2-5-9-20(17)25-10-12-27-13-11-25/h2-9,14H,10-13,15H2,1H3. The third kappa shape index (κ3) is 3.75. The van der Waals surface area contributed by atoms with Gasteiger partial charge in [0.25, 0.3) is 5.91 Å². The maximum atomic E-state index is 13.1. The van der Waals surface area contributed by atoms with Crippen LogP contribution in [0.3, 0.4) is 0 Å². The molecule has 0 N–H and O–H groups in total. The van der Waals surface area contributed by atoms with E-state index < -0.39 is 0 Å². The lowest BCUT2D eigenvalue weighted by Gasteiger charge is -2.31. The van der Waals surface area contributed by atoms with Gasteiger partial charge < -0.3 is 14.5 Å². The number of morpholine rings is 1. The van der Waals surface area contributed by atoms with Crippen LogP contribution in [-0.4, -0.2) is 54.1 Å². The number of anilines is 1. The molecule has 2 heterocycles. The second-order valence-corrected chi connectivity index (χ2v) is 6.63. The Balaban J connectivity index is 1.55. The van der Waals surface area contributed by atoms with Gasteiger partial charge in [0.1, 0.15) is 0 Å². The Morgan fingerprint density at radius 1 is 1.07 bits per heavy atom. The number of fused-ring (bicyclic) bond motifs is 1. The second kappa shape index (κ2) is 7.72. The summed E-state index contributed by atoms with van der Waals surface area (Å²) < 4.78 is 5.43. The molecule has 1 amide bonds. The van der Waals surface area contributed by atoms with Crippen molar-refractivity contribution < 1.29 is 9.53 Å². The van der Waals surface area contributed by atoms with Gasteiger partial charge in [0.05, 0.1) is 48.2 Å². The number of aromatic nitrogens is 2. The molecule has 0 bridgehead atoms. The molecule has 0 unspecified atom stereocenters. The number of rotatable bonds is 4. The average Bonchev–Trinajstić information content (AvgIpc) is 2.73. The fourth-order valence-electron chi connectivity index (χ4n) is 3.33. The Labute approximate surface area is 158 Å². The molecule has 1 aromatic heterocycles. The Morgan fingerprint density at radius 3 is 2.59 bits per heavy atom. The first-order valence-corrected chi connectivity index (χ1v) is 9.10. The number of para-hydroxylation sites is 3. The van der Waals surface area contributed by atoms with Crippen LogP contribution in [0.25, 0.3) is 11.0 Å². The van der Waals surface area contributed by atoms with Crippen LogP contribution < -0.4 is 4.90 Å². The van der Waals surface area contributed by atoms with Crippen molar-refractivity contribution >= 4 is 22.6 Å². The third-order valence-corrected chi connectivity index (χ3v) is 4.73. The van der Waals surface area contributed by atoms with Crippen molar-refractivity contribution in [2.45, 2.75) is 6.54 Å². The van der Waals surface area contributed by atoms with Gasteiger partial charge in [0, 0.05) is 25.8 Å². The highest BCUT2D eigenvalue weighted by molar-refractivity contribution is 5.99. The molecule has 2 aromatic carbocycles. The molecule has 1 fully saturated rings. The predicted octanol–water partition coefficient (Wildman–Crippen LogP) is 2.74. The summed E-state index contributed by atoms with van der Waals surface area (Å²) in [5.41, 5.74) is 4.13. The van der Waals surface area contributed by atoms with Gasteiger partial charge in [0.15, 0.2) is 0 Å². The lowest BCUT2D eigenvalue weighted by Crippen LogP contribution is -2.38. The molecule has 1 saturated heterocycles. The minimum atomic E-state index is -0.0212. The summed E-state index contributed by atoms with van der Waals surface area (Å²) in [4.78, 5) is 26.1. The minimum Gasteiger partial charge on any atom is -0.378 e. The Bertz CT molecular complexity index is 954. The number of hydrogen-bond donors (Lipinski definition) is 0. The first kappa shape index (κ1) is 17.4. The first-order valence-electron chi connectivity index (χ1n) is 9.10. The zero-order valence-corrected chi connectivity index (χ0v) is 15.3. The highest BCUT2D eigenvalue weighted by Gasteiger charge is 2.21.